The molecule has 62 heavy (non-hydrogen) atoms. The Kier molecular flexibility index (Phi) is 51.8. The van der Waals surface area contributed by atoms with Gasteiger partial charge < -0.3 is 14.2 Å². The Morgan fingerprint density at radius 3 is 1.16 bits per heavy atom. The molecule has 0 bridgehead atoms. The normalized spacial score (nSPS) is 12.4. The number of unbranched alkanes of at least 4 members (excludes halogenated alkanes) is 34. The average molecular weight is 871 g/mol. The number of carbonyl (C=O) groups is 2. The standard InChI is InChI=1S/C57H106O5/c1-4-7-10-13-16-19-22-25-27-28-29-30-31-33-35-38-41-44-47-50-56(58)61-54-55(53-60-52-49-46-43-40-37-34-26-23-20-17-14-11-8-5-2)62-57(59)51-48-45-42-39-36-32-24-21-18-15-12-9-6-3/h12,15,20-21,23-24,55H,4-11,13-14,16-19,22,25-54H2,1-3H3/b15-12-,23-20-,24-21-. The summed E-state index contributed by atoms with van der Waals surface area (Å²) in [7, 11) is 0. The lowest BCUT2D eigenvalue weighted by Crippen LogP contribution is -2.30. The molecule has 0 amide bonds. The van der Waals surface area contributed by atoms with Gasteiger partial charge in [-0.15, -0.1) is 0 Å². The highest BCUT2D eigenvalue weighted by Crippen LogP contribution is 2.16. The zero-order chi connectivity index (χ0) is 44.9. The summed E-state index contributed by atoms with van der Waals surface area (Å²) in [5, 5.41) is 0. The van der Waals surface area contributed by atoms with Gasteiger partial charge in [0.25, 0.3) is 0 Å². The summed E-state index contributed by atoms with van der Waals surface area (Å²) in [6.45, 7) is 7.77. The third-order valence-corrected chi connectivity index (χ3v) is 12.1. The van der Waals surface area contributed by atoms with Crippen molar-refractivity contribution in [2.45, 2.75) is 297 Å². The third-order valence-electron chi connectivity index (χ3n) is 12.1. The highest BCUT2D eigenvalue weighted by molar-refractivity contribution is 5.70. The van der Waals surface area contributed by atoms with Crippen LogP contribution in [0.5, 0.6) is 0 Å². The zero-order valence-corrected chi connectivity index (χ0v) is 41.9. The predicted octanol–water partition coefficient (Wildman–Crippen LogP) is 18.6. The van der Waals surface area contributed by atoms with Gasteiger partial charge >= 0.3 is 11.9 Å². The van der Waals surface area contributed by atoms with Crippen molar-refractivity contribution < 1.29 is 23.8 Å². The van der Waals surface area contributed by atoms with E-state index in [0.717, 1.165) is 57.8 Å². The molecule has 0 saturated carbocycles. The van der Waals surface area contributed by atoms with E-state index in [0.29, 0.717) is 19.4 Å². The van der Waals surface area contributed by atoms with Crippen LogP contribution in [0, 0.1) is 0 Å². The molecule has 0 heterocycles. The topological polar surface area (TPSA) is 61.8 Å². The number of hydrogen-bond donors (Lipinski definition) is 0. The highest BCUT2D eigenvalue weighted by atomic mass is 16.6. The lowest BCUT2D eigenvalue weighted by molar-refractivity contribution is -0.163. The van der Waals surface area contributed by atoms with Gasteiger partial charge in [0, 0.05) is 19.4 Å². The van der Waals surface area contributed by atoms with E-state index in [1.165, 1.54) is 199 Å². The number of allylic oxidation sites excluding steroid dienone is 6. The molecule has 0 aromatic carbocycles. The highest BCUT2D eigenvalue weighted by Gasteiger charge is 2.17. The Morgan fingerprint density at radius 2 is 0.710 bits per heavy atom. The van der Waals surface area contributed by atoms with Crippen LogP contribution in [-0.2, 0) is 23.8 Å². The SMILES string of the molecule is CCC/C=C\C/C=C\CCCCCCCC(=O)OC(COCCCCCCCC/C=C\CCCCCC)COC(=O)CCCCCCCCCCCCCCCCCCCCC. The summed E-state index contributed by atoms with van der Waals surface area (Å²) in [5.41, 5.74) is 0. The van der Waals surface area contributed by atoms with E-state index in [-0.39, 0.29) is 25.2 Å². The molecule has 0 aromatic heterocycles. The number of ether oxygens (including phenoxy) is 3. The van der Waals surface area contributed by atoms with Gasteiger partial charge in [-0.2, -0.15) is 0 Å². The fourth-order valence-corrected chi connectivity index (χ4v) is 8.01. The van der Waals surface area contributed by atoms with Gasteiger partial charge in [-0.05, 0) is 70.6 Å². The second-order valence-electron chi connectivity index (χ2n) is 18.5. The van der Waals surface area contributed by atoms with Crippen molar-refractivity contribution in [3.63, 3.8) is 0 Å². The van der Waals surface area contributed by atoms with Crippen LogP contribution in [0.1, 0.15) is 290 Å². The monoisotopic (exact) mass is 871 g/mol. The minimum atomic E-state index is -0.542. The van der Waals surface area contributed by atoms with Crippen LogP contribution in [0.4, 0.5) is 0 Å². The molecule has 364 valence electrons. The molecule has 0 rings (SSSR count). The maximum absolute atomic E-state index is 12.8. The van der Waals surface area contributed by atoms with Crippen LogP contribution in [0.25, 0.3) is 0 Å². The summed E-state index contributed by atoms with van der Waals surface area (Å²) < 4.78 is 17.4. The lowest BCUT2D eigenvalue weighted by atomic mass is 10.0. The Labute approximate surface area is 387 Å². The molecule has 0 N–H and O–H groups in total. The zero-order valence-electron chi connectivity index (χ0n) is 41.9. The van der Waals surface area contributed by atoms with Crippen molar-refractivity contribution in [3.05, 3.63) is 36.5 Å². The molecule has 0 aromatic rings. The molecule has 1 unspecified atom stereocenters. The molecule has 0 radical (unpaired) electrons. The summed E-state index contributed by atoms with van der Waals surface area (Å²) in [5.74, 6) is -0.401. The van der Waals surface area contributed by atoms with E-state index < -0.39 is 6.10 Å². The first kappa shape index (κ1) is 60.1. The molecular weight excluding hydrogens is 765 g/mol. The van der Waals surface area contributed by atoms with E-state index in [4.69, 9.17) is 14.2 Å². The van der Waals surface area contributed by atoms with Gasteiger partial charge in [-0.3, -0.25) is 9.59 Å². The van der Waals surface area contributed by atoms with Crippen LogP contribution >= 0.6 is 0 Å². The van der Waals surface area contributed by atoms with Crippen LogP contribution in [-0.4, -0.2) is 37.9 Å². The summed E-state index contributed by atoms with van der Waals surface area (Å²) in [4.78, 5) is 25.4. The molecule has 0 aliphatic heterocycles. The van der Waals surface area contributed by atoms with Crippen molar-refractivity contribution in [1.29, 1.82) is 0 Å². The predicted molar refractivity (Wildman–Crippen MR) is 270 cm³/mol. The third kappa shape index (κ3) is 50.8. The van der Waals surface area contributed by atoms with Crippen LogP contribution in [0.3, 0.4) is 0 Å². The molecular formula is C57H106O5. The van der Waals surface area contributed by atoms with Gasteiger partial charge in [0.05, 0.1) is 6.61 Å². The molecule has 5 heteroatoms. The van der Waals surface area contributed by atoms with E-state index in [1.807, 2.05) is 0 Å². The van der Waals surface area contributed by atoms with Gasteiger partial charge in [0.2, 0.25) is 0 Å². The number of carbonyl (C=O) groups excluding carboxylic acids is 2. The van der Waals surface area contributed by atoms with Crippen LogP contribution < -0.4 is 0 Å². The van der Waals surface area contributed by atoms with Gasteiger partial charge in [-0.25, -0.2) is 0 Å². The maximum atomic E-state index is 12.8. The van der Waals surface area contributed by atoms with E-state index >= 15 is 0 Å². The Hall–Kier alpha value is -1.88. The molecule has 0 saturated heterocycles. The Bertz CT molecular complexity index is 986. The van der Waals surface area contributed by atoms with E-state index in [2.05, 4.69) is 57.2 Å². The molecule has 0 aliphatic carbocycles. The molecule has 5 nitrogen and oxygen atoms in total. The molecule has 0 aliphatic rings. The van der Waals surface area contributed by atoms with Crippen LogP contribution in [0.15, 0.2) is 36.5 Å². The summed E-state index contributed by atoms with van der Waals surface area (Å²) in [6, 6.07) is 0. The minimum Gasteiger partial charge on any atom is -0.462 e. The van der Waals surface area contributed by atoms with E-state index in [9.17, 15) is 9.59 Å². The minimum absolute atomic E-state index is 0.0821. The first-order valence-corrected chi connectivity index (χ1v) is 27.5. The quantitative estimate of drug-likeness (QED) is 0.0346. The number of hydrogen-bond acceptors (Lipinski definition) is 5. The second-order valence-corrected chi connectivity index (χ2v) is 18.5. The van der Waals surface area contributed by atoms with Crippen molar-refractivity contribution >= 4 is 11.9 Å². The molecule has 0 fully saturated rings. The van der Waals surface area contributed by atoms with Gasteiger partial charge in [0.1, 0.15) is 6.61 Å². The Balaban J connectivity index is 4.20. The second kappa shape index (κ2) is 53.5. The number of rotatable bonds is 51. The Morgan fingerprint density at radius 1 is 0.355 bits per heavy atom. The van der Waals surface area contributed by atoms with Crippen molar-refractivity contribution in [2.24, 2.45) is 0 Å². The number of esters is 2. The smallest absolute Gasteiger partial charge is 0.306 e. The molecule has 0 spiro atoms. The first-order valence-electron chi connectivity index (χ1n) is 27.5. The lowest BCUT2D eigenvalue weighted by Gasteiger charge is -2.18. The average Bonchev–Trinajstić information content (AvgIpc) is 3.27. The van der Waals surface area contributed by atoms with Gasteiger partial charge in [0.15, 0.2) is 6.10 Å². The van der Waals surface area contributed by atoms with Crippen LogP contribution in [0.2, 0.25) is 0 Å². The first-order chi connectivity index (χ1) is 30.6. The molecule has 1 atom stereocenters. The maximum Gasteiger partial charge on any atom is 0.306 e. The fourth-order valence-electron chi connectivity index (χ4n) is 8.01. The largest absolute Gasteiger partial charge is 0.462 e. The van der Waals surface area contributed by atoms with Crippen molar-refractivity contribution in [3.8, 4) is 0 Å². The fraction of sp³-hybridized carbons (Fsp3) is 0.860. The van der Waals surface area contributed by atoms with E-state index in [1.54, 1.807) is 0 Å². The summed E-state index contributed by atoms with van der Waals surface area (Å²) >= 11 is 0. The summed E-state index contributed by atoms with van der Waals surface area (Å²) in [6.07, 6.45) is 64.4. The van der Waals surface area contributed by atoms with Crippen molar-refractivity contribution in [1.82, 2.24) is 0 Å². The van der Waals surface area contributed by atoms with Crippen molar-refractivity contribution in [2.75, 3.05) is 19.8 Å². The van der Waals surface area contributed by atoms with Gasteiger partial charge in [-0.1, -0.05) is 243 Å².